The molecule has 0 aliphatic carbocycles. The number of anilines is 6. The van der Waals surface area contributed by atoms with E-state index in [-0.39, 0.29) is 28.9 Å². The molecule has 0 saturated carbocycles. The summed E-state index contributed by atoms with van der Waals surface area (Å²) in [5.41, 5.74) is 13.8. The van der Waals surface area contributed by atoms with Crippen molar-refractivity contribution in [2.24, 2.45) is 0 Å². The zero-order chi connectivity index (χ0) is 43.0. The summed E-state index contributed by atoms with van der Waals surface area (Å²) in [4.78, 5) is 3.81. The van der Waals surface area contributed by atoms with Gasteiger partial charge in [0.1, 0.15) is 23.3 Å². The molecule has 0 spiro atoms. The molecular formula is C53H46BF4N3. The fraction of sp³-hybridized carbons (Fsp3) is 0.208. The quantitative estimate of drug-likeness (QED) is 0.130. The molecule has 7 aromatic carbocycles. The molecule has 10 rings (SSSR count). The topological polar surface area (TPSA) is 11.4 Å². The fourth-order valence-corrected chi connectivity index (χ4v) is 9.81. The van der Waals surface area contributed by atoms with E-state index in [9.17, 15) is 8.78 Å². The summed E-state index contributed by atoms with van der Waals surface area (Å²) in [7, 11) is 0. The predicted molar refractivity (Wildman–Crippen MR) is 246 cm³/mol. The standard InChI is InChI=1S/C53H46BF4N3/c1-29-10-15-43-37(21-29)38-22-30(2)20-31(3)51(38)59(43)36-27-48-50-49(28-36)61(47-19-14-35(56)26-42(47)58)45-17-12-33(53(7,8)9)24-40(45)54(50)39-23-32(52(4,5)6)11-16-44(39)60(48)46-18-13-34(55)25-41(46)57/h10-28H,1-9H3. The summed E-state index contributed by atoms with van der Waals surface area (Å²) in [5.74, 6) is -2.78. The lowest BCUT2D eigenvalue weighted by Gasteiger charge is -2.45. The van der Waals surface area contributed by atoms with Crippen LogP contribution in [0.3, 0.4) is 0 Å². The molecular weight excluding hydrogens is 765 g/mol. The van der Waals surface area contributed by atoms with Gasteiger partial charge in [-0.05, 0) is 131 Å². The highest BCUT2D eigenvalue weighted by atomic mass is 19.1. The number of halogens is 4. The maximum atomic E-state index is 16.6. The smallest absolute Gasteiger partial charge is 0.252 e. The first-order valence-corrected chi connectivity index (χ1v) is 20.9. The van der Waals surface area contributed by atoms with Crippen molar-refractivity contribution >= 4 is 79.0 Å². The zero-order valence-corrected chi connectivity index (χ0v) is 35.9. The SMILES string of the molecule is Cc1ccc2c(c1)c1cc(C)cc(C)c1n2-c1cc2c3c(c1)N(c1ccc(F)cc1F)c1ccc(C(C)(C)C)cc1B3c1cc(C(C)(C)C)ccc1N2c1ccc(F)cc1F. The van der Waals surface area contributed by atoms with Crippen molar-refractivity contribution in [2.75, 3.05) is 9.80 Å². The Hall–Kier alpha value is -6.28. The number of fused-ring (bicyclic) bond motifs is 7. The van der Waals surface area contributed by atoms with Crippen molar-refractivity contribution < 1.29 is 17.6 Å². The van der Waals surface area contributed by atoms with E-state index in [2.05, 4.69) is 146 Å². The van der Waals surface area contributed by atoms with E-state index in [4.69, 9.17) is 0 Å². The fourth-order valence-electron chi connectivity index (χ4n) is 9.81. The Balaban J connectivity index is 1.41. The van der Waals surface area contributed by atoms with E-state index in [1.807, 2.05) is 9.80 Å². The molecule has 0 bridgehead atoms. The second-order valence-electron chi connectivity index (χ2n) is 19.1. The molecule has 0 atom stereocenters. The van der Waals surface area contributed by atoms with E-state index in [1.165, 1.54) is 24.3 Å². The predicted octanol–water partition coefficient (Wildman–Crippen LogP) is 12.9. The van der Waals surface area contributed by atoms with Crippen molar-refractivity contribution in [3.05, 3.63) is 166 Å². The van der Waals surface area contributed by atoms with Gasteiger partial charge in [0.25, 0.3) is 6.71 Å². The number of nitrogens with zero attached hydrogens (tertiary/aromatic N) is 3. The van der Waals surface area contributed by atoms with Gasteiger partial charge in [-0.3, -0.25) is 0 Å². The highest BCUT2D eigenvalue weighted by Crippen LogP contribution is 2.48. The third-order valence-corrected chi connectivity index (χ3v) is 12.7. The van der Waals surface area contributed by atoms with Crippen LogP contribution >= 0.6 is 0 Å². The highest BCUT2D eigenvalue weighted by molar-refractivity contribution is 7.00. The number of benzene rings is 7. The number of hydrogen-bond donors (Lipinski definition) is 0. The Morgan fingerprint density at radius 2 is 0.951 bits per heavy atom. The van der Waals surface area contributed by atoms with E-state index >= 15 is 8.78 Å². The van der Waals surface area contributed by atoms with Gasteiger partial charge < -0.3 is 14.4 Å². The maximum Gasteiger partial charge on any atom is 0.252 e. The summed E-state index contributed by atoms with van der Waals surface area (Å²) in [5, 5.41) is 2.19. The Kier molecular flexibility index (Phi) is 8.52. The van der Waals surface area contributed by atoms with Crippen LogP contribution < -0.4 is 26.2 Å². The normalized spacial score (nSPS) is 13.6. The minimum absolute atomic E-state index is 0.183. The van der Waals surface area contributed by atoms with E-state index in [0.717, 1.165) is 95.2 Å². The lowest BCUT2D eigenvalue weighted by atomic mass is 9.33. The third-order valence-electron chi connectivity index (χ3n) is 12.7. The molecule has 0 unspecified atom stereocenters. The van der Waals surface area contributed by atoms with Crippen LogP contribution in [0, 0.1) is 44.0 Å². The molecule has 8 aromatic rings. The molecule has 2 aliphatic heterocycles. The maximum absolute atomic E-state index is 16.6. The third kappa shape index (κ3) is 6.00. The largest absolute Gasteiger partial charge is 0.309 e. The highest BCUT2D eigenvalue weighted by Gasteiger charge is 2.45. The minimum Gasteiger partial charge on any atom is -0.309 e. The van der Waals surface area contributed by atoms with Gasteiger partial charge in [-0.1, -0.05) is 89.1 Å². The Morgan fingerprint density at radius 3 is 1.44 bits per heavy atom. The van der Waals surface area contributed by atoms with Crippen molar-refractivity contribution in [1.82, 2.24) is 4.57 Å². The van der Waals surface area contributed by atoms with Crippen LogP contribution in [-0.2, 0) is 10.8 Å². The van der Waals surface area contributed by atoms with E-state index in [1.54, 1.807) is 0 Å². The number of aryl methyl sites for hydroxylation is 3. The molecule has 3 nitrogen and oxygen atoms in total. The average molecular weight is 812 g/mol. The first-order chi connectivity index (χ1) is 28.9. The van der Waals surface area contributed by atoms with Gasteiger partial charge >= 0.3 is 0 Å². The Labute approximate surface area is 355 Å². The molecule has 0 radical (unpaired) electrons. The lowest BCUT2D eigenvalue weighted by Crippen LogP contribution is -2.61. The van der Waals surface area contributed by atoms with Crippen LogP contribution in [-0.4, -0.2) is 11.3 Å². The molecule has 1 aromatic heterocycles. The lowest BCUT2D eigenvalue weighted by molar-refractivity contribution is 0.583. The van der Waals surface area contributed by atoms with Crippen LogP contribution in [0.25, 0.3) is 27.5 Å². The summed E-state index contributed by atoms with van der Waals surface area (Å²) < 4.78 is 65.0. The second-order valence-corrected chi connectivity index (χ2v) is 19.1. The summed E-state index contributed by atoms with van der Waals surface area (Å²) >= 11 is 0. The molecule has 0 saturated heterocycles. The van der Waals surface area contributed by atoms with Crippen molar-refractivity contribution in [3.63, 3.8) is 0 Å². The summed E-state index contributed by atoms with van der Waals surface area (Å²) in [6.07, 6.45) is 0. The first kappa shape index (κ1) is 38.9. The van der Waals surface area contributed by atoms with Crippen LogP contribution in [0.5, 0.6) is 0 Å². The number of hydrogen-bond acceptors (Lipinski definition) is 2. The molecule has 0 amide bonds. The molecule has 304 valence electrons. The van der Waals surface area contributed by atoms with Crippen LogP contribution in [0.2, 0.25) is 0 Å². The molecule has 61 heavy (non-hydrogen) atoms. The van der Waals surface area contributed by atoms with Gasteiger partial charge in [0.15, 0.2) is 0 Å². The minimum atomic E-state index is -0.713. The zero-order valence-electron chi connectivity index (χ0n) is 35.9. The summed E-state index contributed by atoms with van der Waals surface area (Å²) in [6.45, 7) is 18.9. The van der Waals surface area contributed by atoms with Crippen molar-refractivity contribution in [2.45, 2.75) is 73.1 Å². The van der Waals surface area contributed by atoms with E-state index in [0.29, 0.717) is 11.4 Å². The van der Waals surface area contributed by atoms with Gasteiger partial charge in [0, 0.05) is 45.7 Å². The van der Waals surface area contributed by atoms with Crippen LogP contribution in [0.4, 0.5) is 51.7 Å². The Bertz CT molecular complexity index is 3030. The molecule has 3 heterocycles. The number of rotatable bonds is 3. The molecule has 0 fully saturated rings. The van der Waals surface area contributed by atoms with E-state index < -0.39 is 23.3 Å². The van der Waals surface area contributed by atoms with Gasteiger partial charge in [0.05, 0.1) is 28.1 Å². The van der Waals surface area contributed by atoms with Crippen molar-refractivity contribution in [3.8, 4) is 5.69 Å². The first-order valence-electron chi connectivity index (χ1n) is 20.9. The van der Waals surface area contributed by atoms with Gasteiger partial charge in [-0.25, -0.2) is 17.6 Å². The average Bonchev–Trinajstić information content (AvgIpc) is 3.51. The van der Waals surface area contributed by atoms with Crippen molar-refractivity contribution in [1.29, 1.82) is 0 Å². The Morgan fingerprint density at radius 1 is 0.459 bits per heavy atom. The van der Waals surface area contributed by atoms with Crippen LogP contribution in [0.15, 0.2) is 115 Å². The van der Waals surface area contributed by atoms with Gasteiger partial charge in [-0.2, -0.15) is 0 Å². The van der Waals surface area contributed by atoms with Crippen LogP contribution in [0.1, 0.15) is 69.4 Å². The monoisotopic (exact) mass is 811 g/mol. The summed E-state index contributed by atoms with van der Waals surface area (Å²) in [6, 6.07) is 35.2. The number of aromatic nitrogens is 1. The molecule has 0 N–H and O–H groups in total. The molecule has 2 aliphatic rings. The van der Waals surface area contributed by atoms with Gasteiger partial charge in [-0.15, -0.1) is 0 Å². The molecule has 8 heteroatoms. The van der Waals surface area contributed by atoms with Gasteiger partial charge in [0.2, 0.25) is 0 Å². The second kappa shape index (κ2) is 13.4.